The molecular formula is C20H13Cl4N5O3. The third-order valence-corrected chi connectivity index (χ3v) is 5.93. The molecule has 3 aromatic rings. The number of halogens is 4. The zero-order valence-corrected chi connectivity index (χ0v) is 19.0. The van der Waals surface area contributed by atoms with E-state index in [1.807, 2.05) is 0 Å². The fourth-order valence-corrected chi connectivity index (χ4v) is 3.93. The van der Waals surface area contributed by atoms with Crippen molar-refractivity contribution in [2.45, 2.75) is 12.3 Å². The summed E-state index contributed by atoms with van der Waals surface area (Å²) < 4.78 is 0. The fraction of sp³-hybridized carbons (Fsp3) is 0.100. The van der Waals surface area contributed by atoms with Gasteiger partial charge < -0.3 is 16.0 Å². The van der Waals surface area contributed by atoms with E-state index in [0.29, 0.717) is 26.4 Å². The number of aromatic amines is 1. The van der Waals surface area contributed by atoms with E-state index in [9.17, 15) is 14.4 Å². The average molecular weight is 513 g/mol. The van der Waals surface area contributed by atoms with Gasteiger partial charge in [0.15, 0.2) is 0 Å². The second-order valence-corrected chi connectivity index (χ2v) is 8.51. The van der Waals surface area contributed by atoms with Gasteiger partial charge >= 0.3 is 0 Å². The summed E-state index contributed by atoms with van der Waals surface area (Å²) in [5.74, 6) is -2.07. The first-order chi connectivity index (χ1) is 15.2. The van der Waals surface area contributed by atoms with Crippen LogP contribution in [0.1, 0.15) is 17.9 Å². The highest BCUT2D eigenvalue weighted by atomic mass is 35.5. The van der Waals surface area contributed by atoms with Gasteiger partial charge in [0.05, 0.1) is 32.2 Å². The predicted molar refractivity (Wildman–Crippen MR) is 126 cm³/mol. The van der Waals surface area contributed by atoms with Crippen LogP contribution < -0.4 is 21.5 Å². The summed E-state index contributed by atoms with van der Waals surface area (Å²) in [6, 6.07) is 9.29. The Hall–Kier alpha value is -2.78. The van der Waals surface area contributed by atoms with Crippen LogP contribution in [-0.2, 0) is 9.59 Å². The summed E-state index contributed by atoms with van der Waals surface area (Å²) in [5.41, 5.74) is 0.263. The Balaban J connectivity index is 1.64. The molecule has 4 N–H and O–H groups in total. The van der Waals surface area contributed by atoms with E-state index in [4.69, 9.17) is 46.4 Å². The number of carbonyl (C=O) groups excluding carboxylic acids is 2. The number of nitrogens with one attached hydrogen (secondary N) is 4. The number of aromatic nitrogens is 2. The maximum absolute atomic E-state index is 12.9. The highest BCUT2D eigenvalue weighted by Crippen LogP contribution is 2.32. The van der Waals surface area contributed by atoms with Gasteiger partial charge in [-0.05, 0) is 36.4 Å². The molecule has 164 valence electrons. The van der Waals surface area contributed by atoms with Crippen LogP contribution >= 0.6 is 46.4 Å². The molecule has 0 spiro atoms. The Kier molecular flexibility index (Phi) is 6.30. The summed E-state index contributed by atoms with van der Waals surface area (Å²) >= 11 is 23.9. The number of amides is 2. The van der Waals surface area contributed by atoms with Gasteiger partial charge in [0, 0.05) is 17.1 Å². The molecule has 4 rings (SSSR count). The number of benzene rings is 2. The smallest absolute Gasteiger partial charge is 0.258 e. The summed E-state index contributed by atoms with van der Waals surface area (Å²) in [4.78, 5) is 44.7. The highest BCUT2D eigenvalue weighted by Gasteiger charge is 2.35. The quantitative estimate of drug-likeness (QED) is 0.383. The van der Waals surface area contributed by atoms with Gasteiger partial charge in [-0.2, -0.15) is 4.98 Å². The van der Waals surface area contributed by atoms with E-state index >= 15 is 0 Å². The maximum atomic E-state index is 12.9. The summed E-state index contributed by atoms with van der Waals surface area (Å²) in [6.07, 6.45) is -0.222. The first kappa shape index (κ1) is 22.4. The van der Waals surface area contributed by atoms with E-state index in [1.165, 1.54) is 18.2 Å². The molecule has 1 atom stereocenters. The normalized spacial score (nSPS) is 15.0. The SMILES string of the molecule is O=C1CC(C(=O)Nc2ccc(Cl)c(Cl)c2)c2c(nc(Nc3ccc(Cl)cc3Cl)[nH]c2=O)N1. The van der Waals surface area contributed by atoms with Crippen LogP contribution in [0.4, 0.5) is 23.1 Å². The number of hydrogen-bond acceptors (Lipinski definition) is 5. The molecule has 1 aliphatic heterocycles. The lowest BCUT2D eigenvalue weighted by molar-refractivity contribution is -0.123. The molecule has 0 aliphatic carbocycles. The average Bonchev–Trinajstić information content (AvgIpc) is 2.72. The lowest BCUT2D eigenvalue weighted by Gasteiger charge is -2.23. The molecule has 32 heavy (non-hydrogen) atoms. The molecule has 0 bridgehead atoms. The topological polar surface area (TPSA) is 116 Å². The van der Waals surface area contributed by atoms with E-state index in [2.05, 4.69) is 25.9 Å². The number of anilines is 4. The summed E-state index contributed by atoms with van der Waals surface area (Å²) in [5, 5.41) is 9.37. The molecule has 0 saturated heterocycles. The minimum absolute atomic E-state index is 0.0214. The molecule has 2 amide bonds. The van der Waals surface area contributed by atoms with Crippen molar-refractivity contribution in [3.8, 4) is 0 Å². The minimum atomic E-state index is -1.06. The third kappa shape index (κ3) is 4.68. The lowest BCUT2D eigenvalue weighted by atomic mass is 9.92. The molecule has 2 heterocycles. The van der Waals surface area contributed by atoms with Crippen molar-refractivity contribution >= 4 is 81.4 Å². The lowest BCUT2D eigenvalue weighted by Crippen LogP contribution is -2.36. The van der Waals surface area contributed by atoms with Gasteiger partial charge in [0.1, 0.15) is 5.82 Å². The highest BCUT2D eigenvalue weighted by molar-refractivity contribution is 6.42. The van der Waals surface area contributed by atoms with Crippen molar-refractivity contribution in [1.29, 1.82) is 0 Å². The van der Waals surface area contributed by atoms with Gasteiger partial charge in [-0.25, -0.2) is 0 Å². The van der Waals surface area contributed by atoms with E-state index < -0.39 is 23.3 Å². The van der Waals surface area contributed by atoms with Crippen LogP contribution in [0.3, 0.4) is 0 Å². The van der Waals surface area contributed by atoms with Gasteiger partial charge in [-0.3, -0.25) is 19.4 Å². The molecule has 1 aromatic heterocycles. The Morgan fingerprint density at radius 3 is 2.50 bits per heavy atom. The summed E-state index contributed by atoms with van der Waals surface area (Å²) in [6.45, 7) is 0. The molecular weight excluding hydrogens is 500 g/mol. The molecule has 1 aliphatic rings. The number of H-pyrrole nitrogens is 1. The Bertz CT molecular complexity index is 1310. The van der Waals surface area contributed by atoms with Crippen molar-refractivity contribution < 1.29 is 9.59 Å². The monoisotopic (exact) mass is 511 g/mol. The van der Waals surface area contributed by atoms with Crippen molar-refractivity contribution in [3.05, 3.63) is 72.4 Å². The van der Waals surface area contributed by atoms with Crippen LogP contribution in [0.2, 0.25) is 20.1 Å². The Morgan fingerprint density at radius 1 is 1.00 bits per heavy atom. The number of hydrogen-bond donors (Lipinski definition) is 4. The molecule has 1 unspecified atom stereocenters. The predicted octanol–water partition coefficient (Wildman–Crippen LogP) is 5.19. The van der Waals surface area contributed by atoms with Gasteiger partial charge in [-0.15, -0.1) is 0 Å². The number of nitrogens with zero attached hydrogens (tertiary/aromatic N) is 1. The van der Waals surface area contributed by atoms with Crippen LogP contribution in [0.15, 0.2) is 41.2 Å². The van der Waals surface area contributed by atoms with Crippen LogP contribution in [-0.4, -0.2) is 21.8 Å². The molecule has 12 heteroatoms. The Labute approximate surface area is 201 Å². The molecule has 0 fully saturated rings. The van der Waals surface area contributed by atoms with Gasteiger partial charge in [0.25, 0.3) is 5.56 Å². The number of fused-ring (bicyclic) bond motifs is 1. The van der Waals surface area contributed by atoms with Gasteiger partial charge in [0.2, 0.25) is 17.8 Å². The molecule has 0 saturated carbocycles. The maximum Gasteiger partial charge on any atom is 0.258 e. The molecule has 2 aromatic carbocycles. The fourth-order valence-electron chi connectivity index (χ4n) is 3.18. The second-order valence-electron chi connectivity index (χ2n) is 6.85. The third-order valence-electron chi connectivity index (χ3n) is 4.64. The summed E-state index contributed by atoms with van der Waals surface area (Å²) in [7, 11) is 0. The second kappa shape index (κ2) is 8.99. The van der Waals surface area contributed by atoms with Crippen LogP contribution in [0, 0.1) is 0 Å². The van der Waals surface area contributed by atoms with Crippen molar-refractivity contribution in [3.63, 3.8) is 0 Å². The van der Waals surface area contributed by atoms with E-state index in [-0.39, 0.29) is 28.8 Å². The van der Waals surface area contributed by atoms with Crippen LogP contribution in [0.5, 0.6) is 0 Å². The first-order valence-electron chi connectivity index (χ1n) is 9.13. The first-order valence-corrected chi connectivity index (χ1v) is 10.6. The van der Waals surface area contributed by atoms with Crippen molar-refractivity contribution in [1.82, 2.24) is 9.97 Å². The number of rotatable bonds is 4. The van der Waals surface area contributed by atoms with Crippen molar-refractivity contribution in [2.75, 3.05) is 16.0 Å². The van der Waals surface area contributed by atoms with Crippen molar-refractivity contribution in [2.24, 2.45) is 0 Å². The zero-order chi connectivity index (χ0) is 23.0. The molecule has 0 radical (unpaired) electrons. The van der Waals surface area contributed by atoms with E-state index in [1.54, 1.807) is 18.2 Å². The van der Waals surface area contributed by atoms with E-state index in [0.717, 1.165) is 0 Å². The minimum Gasteiger partial charge on any atom is -0.325 e. The largest absolute Gasteiger partial charge is 0.325 e. The molecule has 8 nitrogen and oxygen atoms in total. The Morgan fingerprint density at radius 2 is 1.78 bits per heavy atom. The van der Waals surface area contributed by atoms with Crippen LogP contribution in [0.25, 0.3) is 0 Å². The van der Waals surface area contributed by atoms with Gasteiger partial charge in [-0.1, -0.05) is 46.4 Å². The zero-order valence-electron chi connectivity index (χ0n) is 15.9. The number of carbonyl (C=O) groups is 2. The standard InChI is InChI=1S/C20H13Cl4N5O3/c21-8-1-4-14(13(24)5-8)26-20-28-17-16(19(32)29-20)10(7-15(30)27-17)18(31)25-9-2-3-11(22)12(23)6-9/h1-6,10H,7H2,(H,25,31)(H3,26,27,28,29,30,32).